The Balaban J connectivity index is -0.0000000906. The second-order valence-electron chi connectivity index (χ2n) is 2.78. The lowest BCUT2D eigenvalue weighted by atomic mass is 10.6. The van der Waals surface area contributed by atoms with Crippen molar-refractivity contribution in [3.05, 3.63) is 40.2 Å². The number of rotatable bonds is 1. The third-order valence-electron chi connectivity index (χ3n) is 1.41. The maximum atomic E-state index is 5.86. The second-order valence-corrected chi connectivity index (χ2v) is 3.84. The number of aliphatic imine (C=N–C) groups is 1. The van der Waals surface area contributed by atoms with Gasteiger partial charge in [-0.1, -0.05) is 67.0 Å². The van der Waals surface area contributed by atoms with Crippen LogP contribution in [0, 0.1) is 5.41 Å². The molecule has 0 aromatic carbocycles. The van der Waals surface area contributed by atoms with E-state index in [1.807, 2.05) is 55.4 Å². The molecule has 29 heavy (non-hydrogen) atoms. The Morgan fingerprint density at radius 3 is 1.45 bits per heavy atom. The first kappa shape index (κ1) is 37.7. The van der Waals surface area contributed by atoms with Crippen molar-refractivity contribution in [2.75, 3.05) is 0 Å². The number of halogens is 3. The molecular formula is C18H35Cl3N8. The van der Waals surface area contributed by atoms with Crippen LogP contribution in [0.1, 0.15) is 55.4 Å². The van der Waals surface area contributed by atoms with Crippen LogP contribution < -0.4 is 11.5 Å². The zero-order valence-electron chi connectivity index (χ0n) is 18.5. The monoisotopic (exact) mass is 468 g/mol. The molecule has 2 aromatic rings. The number of nitrogens with one attached hydrogen (secondary N) is 1. The summed E-state index contributed by atoms with van der Waals surface area (Å²) >= 11 is 16.2. The average molecular weight is 470 g/mol. The van der Waals surface area contributed by atoms with Gasteiger partial charge in [-0.15, -0.1) is 0 Å². The Kier molecular flexibility index (Phi) is 47.8. The molecule has 2 rings (SSSR count). The quantitative estimate of drug-likeness (QED) is 0.197. The van der Waals surface area contributed by atoms with Crippen LogP contribution in [-0.2, 0) is 0 Å². The first-order valence-corrected chi connectivity index (χ1v) is 10.2. The van der Waals surface area contributed by atoms with Gasteiger partial charge in [-0.2, -0.15) is 4.98 Å². The molecule has 0 saturated carbocycles. The summed E-state index contributed by atoms with van der Waals surface area (Å²) in [5, 5.41) is 6.57. The fourth-order valence-corrected chi connectivity index (χ4v) is 1.26. The van der Waals surface area contributed by atoms with Crippen LogP contribution >= 0.6 is 34.8 Å². The standard InChI is InChI=1S/C5H5ClN4.C4H2Cl2N2.4C2H6.CH4N2/c6-5-8-2-1-4(10-5)9-3-7;5-3-1-2-7-4(6)8-3;4*1-2;2-1-3/h1-3H,(H2,7,8,9,10);1-2H;4*1-2H3;1H,(H3,2,3). The first-order valence-electron chi connectivity index (χ1n) is 9.11. The van der Waals surface area contributed by atoms with Gasteiger partial charge < -0.3 is 11.5 Å². The summed E-state index contributed by atoms with van der Waals surface area (Å²) in [6, 6.07) is 3.17. The maximum absolute atomic E-state index is 5.86. The predicted octanol–water partition coefficient (Wildman–Crippen LogP) is 6.19. The van der Waals surface area contributed by atoms with Crippen LogP contribution in [-0.4, -0.2) is 32.6 Å². The summed E-state index contributed by atoms with van der Waals surface area (Å²) in [6.45, 7) is 16.0. The number of nitrogens with zero attached hydrogens (tertiary/aromatic N) is 5. The van der Waals surface area contributed by atoms with E-state index in [-0.39, 0.29) is 10.6 Å². The van der Waals surface area contributed by atoms with E-state index in [0.717, 1.165) is 12.7 Å². The van der Waals surface area contributed by atoms with Crippen molar-refractivity contribution in [3.8, 4) is 0 Å². The zero-order chi connectivity index (χ0) is 24.1. The van der Waals surface area contributed by atoms with E-state index in [4.69, 9.17) is 45.9 Å². The fourth-order valence-electron chi connectivity index (χ4n) is 0.789. The first-order chi connectivity index (χ1) is 14.0. The average Bonchev–Trinajstić information content (AvgIpc) is 2.75. The number of nitrogens with two attached hydrogens (primary N) is 2. The largest absolute Gasteiger partial charge is 0.390 e. The van der Waals surface area contributed by atoms with Crippen LogP contribution in [0.4, 0.5) is 5.82 Å². The van der Waals surface area contributed by atoms with Crippen molar-refractivity contribution in [3.63, 3.8) is 0 Å². The molecule has 0 aliphatic heterocycles. The SMILES string of the molecule is CC.CC.CC.CC.Clc1ccnc(Cl)n1.N=CN.NC=Nc1ccnc(Cl)n1. The molecule has 0 saturated heterocycles. The molecule has 0 bridgehead atoms. The summed E-state index contributed by atoms with van der Waals surface area (Å²) in [5.74, 6) is 0.461. The minimum absolute atomic E-state index is 0.170. The van der Waals surface area contributed by atoms with Gasteiger partial charge in [-0.3, -0.25) is 5.41 Å². The molecule has 2 aromatic heterocycles. The number of hydrogen-bond donors (Lipinski definition) is 3. The molecule has 0 aliphatic carbocycles. The molecule has 0 radical (unpaired) electrons. The molecule has 0 spiro atoms. The highest BCUT2D eigenvalue weighted by Gasteiger charge is 1.90. The fraction of sp³-hybridized carbons (Fsp3) is 0.444. The summed E-state index contributed by atoms with van der Waals surface area (Å²) in [5.41, 5.74) is 9.40. The van der Waals surface area contributed by atoms with E-state index >= 15 is 0 Å². The third kappa shape index (κ3) is 33.9. The molecular weight excluding hydrogens is 435 g/mol. The van der Waals surface area contributed by atoms with Gasteiger partial charge in [-0.05, 0) is 29.3 Å². The minimum atomic E-state index is 0.170. The van der Waals surface area contributed by atoms with Crippen LogP contribution in [0.2, 0.25) is 15.7 Å². The molecule has 0 amide bonds. The smallest absolute Gasteiger partial charge is 0.224 e. The lowest BCUT2D eigenvalue weighted by Crippen LogP contribution is -1.88. The van der Waals surface area contributed by atoms with Crippen molar-refractivity contribution in [2.45, 2.75) is 55.4 Å². The van der Waals surface area contributed by atoms with Gasteiger partial charge in [-0.25, -0.2) is 19.9 Å². The number of aromatic nitrogens is 4. The topological polar surface area (TPSA) is 140 Å². The molecule has 0 atom stereocenters. The van der Waals surface area contributed by atoms with E-state index in [0.29, 0.717) is 11.0 Å². The van der Waals surface area contributed by atoms with Gasteiger partial charge in [0.1, 0.15) is 5.15 Å². The maximum Gasteiger partial charge on any atom is 0.224 e. The van der Waals surface area contributed by atoms with Gasteiger partial charge in [0.15, 0.2) is 5.82 Å². The zero-order valence-corrected chi connectivity index (χ0v) is 20.8. The Morgan fingerprint density at radius 2 is 1.17 bits per heavy atom. The third-order valence-corrected chi connectivity index (χ3v) is 1.99. The minimum Gasteiger partial charge on any atom is -0.390 e. The van der Waals surface area contributed by atoms with Crippen molar-refractivity contribution < 1.29 is 0 Å². The Labute approximate surface area is 190 Å². The molecule has 168 valence electrons. The number of hydrogen-bond acceptors (Lipinski definition) is 6. The van der Waals surface area contributed by atoms with Crippen molar-refractivity contribution in [2.24, 2.45) is 16.5 Å². The second kappa shape index (κ2) is 36.8. The van der Waals surface area contributed by atoms with Crippen LogP contribution in [0.3, 0.4) is 0 Å². The Hall–Kier alpha value is -2.03. The Bertz CT molecular complexity index is 567. The molecule has 8 nitrogen and oxygen atoms in total. The highest BCUT2D eigenvalue weighted by molar-refractivity contribution is 6.31. The Morgan fingerprint density at radius 1 is 0.793 bits per heavy atom. The van der Waals surface area contributed by atoms with Crippen LogP contribution in [0.5, 0.6) is 0 Å². The summed E-state index contributed by atoms with van der Waals surface area (Å²) in [4.78, 5) is 18.3. The molecule has 11 heteroatoms. The lowest BCUT2D eigenvalue weighted by molar-refractivity contribution is 1.15. The summed E-state index contributed by atoms with van der Waals surface area (Å²) in [7, 11) is 0. The summed E-state index contributed by atoms with van der Waals surface area (Å²) < 4.78 is 0. The van der Waals surface area contributed by atoms with E-state index in [1.165, 1.54) is 12.4 Å². The van der Waals surface area contributed by atoms with Crippen molar-refractivity contribution in [1.82, 2.24) is 19.9 Å². The predicted molar refractivity (Wildman–Crippen MR) is 130 cm³/mol. The van der Waals surface area contributed by atoms with Crippen molar-refractivity contribution >= 4 is 53.3 Å². The molecule has 2 heterocycles. The summed E-state index contributed by atoms with van der Waals surface area (Å²) in [6.07, 6.45) is 4.91. The van der Waals surface area contributed by atoms with E-state index in [9.17, 15) is 0 Å². The normalized spacial score (nSPS) is 7.41. The molecule has 5 N–H and O–H groups in total. The highest BCUT2D eigenvalue weighted by atomic mass is 35.5. The van der Waals surface area contributed by atoms with Crippen LogP contribution in [0.25, 0.3) is 0 Å². The molecule has 0 unspecified atom stereocenters. The molecule has 0 aliphatic rings. The van der Waals surface area contributed by atoms with E-state index in [2.05, 4.69) is 30.7 Å². The van der Waals surface area contributed by atoms with Crippen molar-refractivity contribution in [1.29, 1.82) is 5.41 Å². The van der Waals surface area contributed by atoms with Gasteiger partial charge in [0.05, 0.1) is 12.7 Å². The van der Waals surface area contributed by atoms with Gasteiger partial charge >= 0.3 is 0 Å². The van der Waals surface area contributed by atoms with Gasteiger partial charge in [0, 0.05) is 18.5 Å². The van der Waals surface area contributed by atoms with E-state index < -0.39 is 0 Å². The van der Waals surface area contributed by atoms with E-state index in [1.54, 1.807) is 12.1 Å². The lowest BCUT2D eigenvalue weighted by Gasteiger charge is -1.89. The van der Waals surface area contributed by atoms with Gasteiger partial charge in [0.25, 0.3) is 0 Å². The highest BCUT2D eigenvalue weighted by Crippen LogP contribution is 2.07. The van der Waals surface area contributed by atoms with Gasteiger partial charge in [0.2, 0.25) is 10.6 Å². The molecule has 0 fully saturated rings. The van der Waals surface area contributed by atoms with Crippen LogP contribution in [0.15, 0.2) is 29.5 Å².